The second kappa shape index (κ2) is 7.80. The molecule has 1 amide bonds. The van der Waals surface area contributed by atoms with Gasteiger partial charge in [-0.1, -0.05) is 48.0 Å². The second-order valence-electron chi connectivity index (χ2n) is 7.12. The van der Waals surface area contributed by atoms with Crippen LogP contribution < -0.4 is 15.4 Å². The average Bonchev–Trinajstić information content (AvgIpc) is 3.51. The Bertz CT molecular complexity index is 946. The van der Waals surface area contributed by atoms with E-state index in [1.807, 2.05) is 55.5 Å². The van der Waals surface area contributed by atoms with Gasteiger partial charge < -0.3 is 15.4 Å². The van der Waals surface area contributed by atoms with Crippen molar-refractivity contribution in [3.05, 3.63) is 71.8 Å². The molecule has 0 atom stereocenters. The van der Waals surface area contributed by atoms with Crippen LogP contribution in [0.2, 0.25) is 0 Å². The van der Waals surface area contributed by atoms with Gasteiger partial charge in [-0.15, -0.1) is 0 Å². The molecule has 1 saturated carbocycles. The Labute approximate surface area is 159 Å². The Morgan fingerprint density at radius 2 is 1.81 bits per heavy atom. The van der Waals surface area contributed by atoms with Crippen LogP contribution in [0.4, 0.5) is 5.69 Å². The van der Waals surface area contributed by atoms with Gasteiger partial charge in [-0.25, -0.2) is 0 Å². The molecule has 1 aliphatic rings. The van der Waals surface area contributed by atoms with E-state index in [1.165, 1.54) is 23.6 Å². The summed E-state index contributed by atoms with van der Waals surface area (Å²) in [6, 6.07) is 20.6. The predicted molar refractivity (Wildman–Crippen MR) is 109 cm³/mol. The molecule has 3 aromatic carbocycles. The minimum atomic E-state index is -0.159. The van der Waals surface area contributed by atoms with Crippen molar-refractivity contribution in [1.82, 2.24) is 5.32 Å². The Balaban J connectivity index is 1.47. The summed E-state index contributed by atoms with van der Waals surface area (Å²) < 4.78 is 5.90. The summed E-state index contributed by atoms with van der Waals surface area (Å²) in [7, 11) is 0. The van der Waals surface area contributed by atoms with E-state index in [0.717, 1.165) is 29.1 Å². The molecule has 1 fully saturated rings. The predicted octanol–water partition coefficient (Wildman–Crippen LogP) is 4.42. The van der Waals surface area contributed by atoms with Gasteiger partial charge in [0.25, 0.3) is 5.91 Å². The summed E-state index contributed by atoms with van der Waals surface area (Å²) in [5.41, 5.74) is 3.06. The number of hydrogen-bond donors (Lipinski definition) is 2. The summed E-state index contributed by atoms with van der Waals surface area (Å²) in [5.74, 6) is 0.606. The van der Waals surface area contributed by atoms with E-state index in [1.54, 1.807) is 0 Å². The summed E-state index contributed by atoms with van der Waals surface area (Å²) in [4.78, 5) is 12.3. The fourth-order valence-electron chi connectivity index (χ4n) is 3.14. The van der Waals surface area contributed by atoms with Crippen molar-refractivity contribution in [2.24, 2.45) is 0 Å². The number of aryl methyl sites for hydroxylation is 1. The molecule has 0 aliphatic heterocycles. The molecule has 4 nitrogen and oxygen atoms in total. The first-order chi connectivity index (χ1) is 13.2. The first-order valence-corrected chi connectivity index (χ1v) is 9.42. The van der Waals surface area contributed by atoms with Gasteiger partial charge in [0.2, 0.25) is 0 Å². The van der Waals surface area contributed by atoms with Crippen LogP contribution >= 0.6 is 0 Å². The summed E-state index contributed by atoms with van der Waals surface area (Å²) in [6.07, 6.45) is 2.47. The highest BCUT2D eigenvalue weighted by molar-refractivity contribution is 5.92. The molecule has 0 bridgehead atoms. The molecule has 27 heavy (non-hydrogen) atoms. The molecule has 3 aromatic rings. The SMILES string of the molecule is Cc1ccc(NC(=O)COc2ccc3ccccc3c2CNC2CC2)cc1. The lowest BCUT2D eigenvalue weighted by Gasteiger charge is -2.15. The number of hydrogen-bond acceptors (Lipinski definition) is 3. The van der Waals surface area contributed by atoms with Crippen LogP contribution in [0.15, 0.2) is 60.7 Å². The van der Waals surface area contributed by atoms with Crippen LogP contribution in [0, 0.1) is 6.92 Å². The number of fused-ring (bicyclic) bond motifs is 1. The lowest BCUT2D eigenvalue weighted by Crippen LogP contribution is -2.21. The van der Waals surface area contributed by atoms with Crippen molar-refractivity contribution in [1.29, 1.82) is 0 Å². The first-order valence-electron chi connectivity index (χ1n) is 9.42. The maximum absolute atomic E-state index is 12.3. The van der Waals surface area contributed by atoms with Gasteiger partial charge in [0.05, 0.1) is 0 Å². The maximum Gasteiger partial charge on any atom is 0.262 e. The third-order valence-electron chi connectivity index (χ3n) is 4.84. The minimum Gasteiger partial charge on any atom is -0.483 e. The Hall–Kier alpha value is -2.85. The summed E-state index contributed by atoms with van der Waals surface area (Å²) in [6.45, 7) is 2.76. The van der Waals surface area contributed by atoms with Crippen LogP contribution in [-0.2, 0) is 11.3 Å². The zero-order valence-electron chi connectivity index (χ0n) is 15.5. The standard InChI is InChI=1S/C23H24N2O2/c1-16-6-9-19(10-7-16)25-23(26)15-27-22-13-8-17-4-2-3-5-20(17)21(22)14-24-18-11-12-18/h2-10,13,18,24H,11-12,14-15H2,1H3,(H,25,26). The van der Waals surface area contributed by atoms with Crippen molar-refractivity contribution in [2.75, 3.05) is 11.9 Å². The molecule has 138 valence electrons. The van der Waals surface area contributed by atoms with E-state index in [0.29, 0.717) is 6.04 Å². The normalized spacial score (nSPS) is 13.5. The van der Waals surface area contributed by atoms with E-state index >= 15 is 0 Å². The molecule has 4 rings (SSSR count). The highest BCUT2D eigenvalue weighted by Gasteiger charge is 2.21. The number of carbonyl (C=O) groups is 1. The highest BCUT2D eigenvalue weighted by atomic mass is 16.5. The van der Waals surface area contributed by atoms with E-state index in [4.69, 9.17) is 4.74 Å². The number of ether oxygens (including phenoxy) is 1. The van der Waals surface area contributed by atoms with Crippen molar-refractivity contribution < 1.29 is 9.53 Å². The van der Waals surface area contributed by atoms with Crippen LogP contribution in [0.1, 0.15) is 24.0 Å². The zero-order chi connectivity index (χ0) is 18.6. The van der Waals surface area contributed by atoms with E-state index < -0.39 is 0 Å². The van der Waals surface area contributed by atoms with Gasteiger partial charge in [-0.05, 0) is 48.7 Å². The highest BCUT2D eigenvalue weighted by Crippen LogP contribution is 2.29. The van der Waals surface area contributed by atoms with Crippen molar-refractivity contribution in [3.63, 3.8) is 0 Å². The van der Waals surface area contributed by atoms with Gasteiger partial charge in [0, 0.05) is 23.8 Å². The fraction of sp³-hybridized carbons (Fsp3) is 0.261. The molecule has 4 heteroatoms. The Morgan fingerprint density at radius 3 is 2.59 bits per heavy atom. The van der Waals surface area contributed by atoms with Gasteiger partial charge >= 0.3 is 0 Å². The molecule has 0 heterocycles. The van der Waals surface area contributed by atoms with Crippen molar-refractivity contribution >= 4 is 22.4 Å². The monoisotopic (exact) mass is 360 g/mol. The quantitative estimate of drug-likeness (QED) is 0.656. The molecule has 0 spiro atoms. The largest absolute Gasteiger partial charge is 0.483 e. The van der Waals surface area contributed by atoms with Gasteiger partial charge in [0.1, 0.15) is 5.75 Å². The van der Waals surface area contributed by atoms with E-state index in [9.17, 15) is 4.79 Å². The lowest BCUT2D eigenvalue weighted by atomic mass is 10.0. The number of nitrogens with one attached hydrogen (secondary N) is 2. The van der Waals surface area contributed by atoms with Crippen LogP contribution in [0.25, 0.3) is 10.8 Å². The topological polar surface area (TPSA) is 50.4 Å². The third kappa shape index (κ3) is 4.47. The Morgan fingerprint density at radius 1 is 1.04 bits per heavy atom. The molecule has 0 unspecified atom stereocenters. The van der Waals surface area contributed by atoms with Gasteiger partial charge in [-0.2, -0.15) is 0 Å². The molecule has 0 radical (unpaired) electrons. The molecular weight excluding hydrogens is 336 g/mol. The molecule has 0 aromatic heterocycles. The van der Waals surface area contributed by atoms with Crippen LogP contribution in [-0.4, -0.2) is 18.6 Å². The van der Waals surface area contributed by atoms with Crippen LogP contribution in [0.3, 0.4) is 0 Å². The average molecular weight is 360 g/mol. The third-order valence-corrected chi connectivity index (χ3v) is 4.84. The number of amides is 1. The second-order valence-corrected chi connectivity index (χ2v) is 7.12. The number of benzene rings is 3. The molecule has 1 aliphatic carbocycles. The smallest absolute Gasteiger partial charge is 0.262 e. The molecule has 0 saturated heterocycles. The van der Waals surface area contributed by atoms with Crippen LogP contribution in [0.5, 0.6) is 5.75 Å². The maximum atomic E-state index is 12.3. The number of carbonyl (C=O) groups excluding carboxylic acids is 1. The van der Waals surface area contributed by atoms with Gasteiger partial charge in [0.15, 0.2) is 6.61 Å². The van der Waals surface area contributed by atoms with Gasteiger partial charge in [-0.3, -0.25) is 4.79 Å². The zero-order valence-corrected chi connectivity index (χ0v) is 15.5. The van der Waals surface area contributed by atoms with E-state index in [2.05, 4.69) is 22.8 Å². The number of anilines is 1. The van der Waals surface area contributed by atoms with Crippen molar-refractivity contribution in [2.45, 2.75) is 32.4 Å². The summed E-state index contributed by atoms with van der Waals surface area (Å²) in [5, 5.41) is 8.78. The fourth-order valence-corrected chi connectivity index (χ4v) is 3.14. The molecular formula is C23H24N2O2. The Kier molecular flexibility index (Phi) is 5.07. The number of rotatable bonds is 7. The minimum absolute atomic E-state index is 0.0113. The first kappa shape index (κ1) is 17.6. The molecule has 2 N–H and O–H groups in total. The van der Waals surface area contributed by atoms with E-state index in [-0.39, 0.29) is 12.5 Å². The summed E-state index contributed by atoms with van der Waals surface area (Å²) >= 11 is 0. The lowest BCUT2D eigenvalue weighted by molar-refractivity contribution is -0.118. The van der Waals surface area contributed by atoms with Crippen molar-refractivity contribution in [3.8, 4) is 5.75 Å².